The molecule has 0 aliphatic heterocycles. The summed E-state index contributed by atoms with van der Waals surface area (Å²) in [7, 11) is 1.71. The summed E-state index contributed by atoms with van der Waals surface area (Å²) in [5.74, 6) is 1.18. The Morgan fingerprint density at radius 1 is 1.20 bits per heavy atom. The third-order valence-corrected chi connectivity index (χ3v) is 3.45. The number of rotatable bonds is 11. The molecule has 25 heavy (non-hydrogen) atoms. The van der Waals surface area contributed by atoms with E-state index in [-0.39, 0.29) is 5.91 Å². The van der Waals surface area contributed by atoms with E-state index in [2.05, 4.69) is 32.9 Å². The highest BCUT2D eigenvalue weighted by Crippen LogP contribution is 2.03. The Hall–Kier alpha value is -2.15. The standard InChI is InChI=1S/C18H31N5O2/c1-4-5-12-25-13-6-10-20-18(19-3)21-11-9-17(24)23-16-8-7-15(2)14-22-16/h7-8,14H,4-6,9-13H2,1-3H3,(H2,19,20,21)(H,22,23,24). The molecule has 1 aromatic heterocycles. The van der Waals surface area contributed by atoms with E-state index >= 15 is 0 Å². The fraction of sp³-hybridized carbons (Fsp3) is 0.611. The Bertz CT molecular complexity index is 517. The molecule has 0 saturated heterocycles. The summed E-state index contributed by atoms with van der Waals surface area (Å²) in [6, 6.07) is 3.71. The molecule has 1 heterocycles. The van der Waals surface area contributed by atoms with Crippen LogP contribution in [0.4, 0.5) is 5.82 Å². The highest BCUT2D eigenvalue weighted by atomic mass is 16.5. The number of nitrogens with one attached hydrogen (secondary N) is 3. The second kappa shape index (κ2) is 13.2. The highest BCUT2D eigenvalue weighted by molar-refractivity contribution is 5.90. The first-order valence-corrected chi connectivity index (χ1v) is 8.90. The first-order valence-electron chi connectivity index (χ1n) is 8.90. The number of aryl methyl sites for hydroxylation is 1. The smallest absolute Gasteiger partial charge is 0.227 e. The van der Waals surface area contributed by atoms with E-state index in [1.165, 1.54) is 0 Å². The molecule has 0 aromatic carbocycles. The van der Waals surface area contributed by atoms with Gasteiger partial charge in [-0.15, -0.1) is 0 Å². The maximum atomic E-state index is 11.9. The molecule has 0 aliphatic rings. The van der Waals surface area contributed by atoms with Crippen molar-refractivity contribution in [3.63, 3.8) is 0 Å². The van der Waals surface area contributed by atoms with Gasteiger partial charge in [-0.1, -0.05) is 19.4 Å². The lowest BCUT2D eigenvalue weighted by molar-refractivity contribution is -0.116. The molecule has 3 N–H and O–H groups in total. The Labute approximate surface area is 150 Å². The molecule has 1 aromatic rings. The lowest BCUT2D eigenvalue weighted by Crippen LogP contribution is -2.39. The van der Waals surface area contributed by atoms with Crippen LogP contribution in [0.25, 0.3) is 0 Å². The predicted octanol–water partition coefficient (Wildman–Crippen LogP) is 2.09. The van der Waals surface area contributed by atoms with Crippen LogP contribution in [0.15, 0.2) is 23.3 Å². The van der Waals surface area contributed by atoms with Crippen LogP contribution in [0.3, 0.4) is 0 Å². The van der Waals surface area contributed by atoms with E-state index in [4.69, 9.17) is 4.74 Å². The van der Waals surface area contributed by atoms with Crippen LogP contribution in [0.2, 0.25) is 0 Å². The van der Waals surface area contributed by atoms with E-state index in [1.807, 2.05) is 13.0 Å². The van der Waals surface area contributed by atoms with Crippen LogP contribution in [0.5, 0.6) is 0 Å². The number of anilines is 1. The van der Waals surface area contributed by atoms with Crippen molar-refractivity contribution in [1.82, 2.24) is 15.6 Å². The van der Waals surface area contributed by atoms with Crippen LogP contribution < -0.4 is 16.0 Å². The number of ether oxygens (including phenoxy) is 1. The molecule has 0 saturated carbocycles. The SMILES string of the molecule is CCCCOCCCNC(=NC)NCCC(=O)Nc1ccc(C)cn1. The quantitative estimate of drug-likeness (QED) is 0.323. The average Bonchev–Trinajstić information content (AvgIpc) is 2.61. The second-order valence-electron chi connectivity index (χ2n) is 5.76. The molecular formula is C18H31N5O2. The summed E-state index contributed by atoms with van der Waals surface area (Å²) in [5, 5.41) is 9.10. The fourth-order valence-corrected chi connectivity index (χ4v) is 1.99. The first kappa shape index (κ1) is 20.9. The number of hydrogen-bond donors (Lipinski definition) is 3. The topological polar surface area (TPSA) is 87.6 Å². The minimum Gasteiger partial charge on any atom is -0.381 e. The van der Waals surface area contributed by atoms with Crippen molar-refractivity contribution in [1.29, 1.82) is 0 Å². The normalized spacial score (nSPS) is 11.2. The second-order valence-corrected chi connectivity index (χ2v) is 5.76. The number of pyridine rings is 1. The third-order valence-electron chi connectivity index (χ3n) is 3.45. The number of aromatic nitrogens is 1. The van der Waals surface area contributed by atoms with Crippen molar-refractivity contribution in [2.75, 3.05) is 38.7 Å². The molecule has 1 amide bonds. The molecule has 7 heteroatoms. The number of amides is 1. The van der Waals surface area contributed by atoms with Gasteiger partial charge in [-0.2, -0.15) is 0 Å². The molecule has 0 aliphatic carbocycles. The summed E-state index contributed by atoms with van der Waals surface area (Å²) in [6.07, 6.45) is 5.26. The minimum atomic E-state index is -0.0800. The first-order chi connectivity index (χ1) is 12.2. The summed E-state index contributed by atoms with van der Waals surface area (Å²) in [5.41, 5.74) is 1.06. The Balaban J connectivity index is 2.11. The van der Waals surface area contributed by atoms with Gasteiger partial charge in [-0.05, 0) is 31.4 Å². The maximum Gasteiger partial charge on any atom is 0.227 e. The lowest BCUT2D eigenvalue weighted by atomic mass is 10.3. The fourth-order valence-electron chi connectivity index (χ4n) is 1.99. The summed E-state index contributed by atoms with van der Waals surface area (Å²) < 4.78 is 5.51. The van der Waals surface area contributed by atoms with Crippen LogP contribution in [0, 0.1) is 6.92 Å². The van der Waals surface area contributed by atoms with E-state index in [9.17, 15) is 4.79 Å². The van der Waals surface area contributed by atoms with E-state index in [0.717, 1.165) is 44.6 Å². The van der Waals surface area contributed by atoms with E-state index in [0.29, 0.717) is 24.7 Å². The molecule has 0 unspecified atom stereocenters. The van der Waals surface area contributed by atoms with Gasteiger partial charge in [0.05, 0.1) is 0 Å². The Morgan fingerprint density at radius 2 is 1.96 bits per heavy atom. The molecule has 140 valence electrons. The molecule has 0 atom stereocenters. The van der Waals surface area contributed by atoms with Gasteiger partial charge >= 0.3 is 0 Å². The van der Waals surface area contributed by atoms with Crippen LogP contribution in [-0.2, 0) is 9.53 Å². The largest absolute Gasteiger partial charge is 0.381 e. The molecule has 0 fully saturated rings. The van der Waals surface area contributed by atoms with Crippen LogP contribution in [0.1, 0.15) is 38.2 Å². The van der Waals surface area contributed by atoms with Gasteiger partial charge in [0.25, 0.3) is 0 Å². The number of carbonyl (C=O) groups is 1. The molecule has 0 spiro atoms. The Morgan fingerprint density at radius 3 is 2.64 bits per heavy atom. The number of aliphatic imine (C=N–C) groups is 1. The van der Waals surface area contributed by atoms with Gasteiger partial charge in [0.15, 0.2) is 5.96 Å². The zero-order valence-corrected chi connectivity index (χ0v) is 15.6. The van der Waals surface area contributed by atoms with Gasteiger partial charge in [-0.3, -0.25) is 9.79 Å². The van der Waals surface area contributed by atoms with Crippen molar-refractivity contribution in [3.05, 3.63) is 23.9 Å². The van der Waals surface area contributed by atoms with Gasteiger partial charge in [-0.25, -0.2) is 4.98 Å². The summed E-state index contributed by atoms with van der Waals surface area (Å²) in [4.78, 5) is 20.2. The lowest BCUT2D eigenvalue weighted by Gasteiger charge is -2.12. The van der Waals surface area contributed by atoms with Gasteiger partial charge in [0.2, 0.25) is 5.91 Å². The summed E-state index contributed by atoms with van der Waals surface area (Å²) >= 11 is 0. The van der Waals surface area contributed by atoms with Gasteiger partial charge in [0.1, 0.15) is 5.82 Å². The number of nitrogens with zero attached hydrogens (tertiary/aromatic N) is 2. The molecule has 7 nitrogen and oxygen atoms in total. The van der Waals surface area contributed by atoms with E-state index < -0.39 is 0 Å². The van der Waals surface area contributed by atoms with Crippen molar-refractivity contribution in [2.24, 2.45) is 4.99 Å². The number of unbranched alkanes of at least 4 members (excludes halogenated alkanes) is 1. The van der Waals surface area contributed by atoms with Crippen molar-refractivity contribution >= 4 is 17.7 Å². The number of carbonyl (C=O) groups excluding carboxylic acids is 1. The van der Waals surface area contributed by atoms with Crippen molar-refractivity contribution < 1.29 is 9.53 Å². The zero-order chi connectivity index (χ0) is 18.3. The van der Waals surface area contributed by atoms with Crippen molar-refractivity contribution in [3.8, 4) is 0 Å². The zero-order valence-electron chi connectivity index (χ0n) is 15.6. The maximum absolute atomic E-state index is 11.9. The predicted molar refractivity (Wildman–Crippen MR) is 102 cm³/mol. The van der Waals surface area contributed by atoms with Gasteiger partial charge in [0, 0.05) is 46.0 Å². The van der Waals surface area contributed by atoms with Crippen LogP contribution >= 0.6 is 0 Å². The third kappa shape index (κ3) is 10.3. The molecular weight excluding hydrogens is 318 g/mol. The van der Waals surface area contributed by atoms with Gasteiger partial charge < -0.3 is 20.7 Å². The highest BCUT2D eigenvalue weighted by Gasteiger charge is 2.04. The monoisotopic (exact) mass is 349 g/mol. The number of guanidine groups is 1. The van der Waals surface area contributed by atoms with E-state index in [1.54, 1.807) is 19.3 Å². The summed E-state index contributed by atoms with van der Waals surface area (Å²) in [6.45, 7) is 6.97. The Kier molecular flexibility index (Phi) is 11.0. The van der Waals surface area contributed by atoms with Crippen molar-refractivity contribution in [2.45, 2.75) is 39.5 Å². The van der Waals surface area contributed by atoms with Crippen LogP contribution in [-0.4, -0.2) is 50.2 Å². The molecule has 0 radical (unpaired) electrons. The minimum absolute atomic E-state index is 0.0800. The number of hydrogen-bond acceptors (Lipinski definition) is 4. The molecule has 1 rings (SSSR count). The average molecular weight is 349 g/mol. The molecule has 0 bridgehead atoms.